The lowest BCUT2D eigenvalue weighted by atomic mass is 10.3. The molecule has 15 heavy (non-hydrogen) atoms. The fourth-order valence-electron chi connectivity index (χ4n) is 1.39. The van der Waals surface area contributed by atoms with E-state index in [0.29, 0.717) is 17.9 Å². The van der Waals surface area contributed by atoms with Gasteiger partial charge < -0.3 is 10.7 Å². The van der Waals surface area contributed by atoms with E-state index in [4.69, 9.17) is 17.3 Å². The van der Waals surface area contributed by atoms with Gasteiger partial charge in [-0.05, 0) is 18.2 Å². The molecular formula is C10H10ClN3O. The number of benzene rings is 1. The Kier molecular flexibility index (Phi) is 2.60. The van der Waals surface area contributed by atoms with Gasteiger partial charge in [-0.2, -0.15) is 0 Å². The number of rotatable bonds is 3. The Hall–Kier alpha value is -1.55. The lowest BCUT2D eigenvalue weighted by Crippen LogP contribution is -2.11. The van der Waals surface area contributed by atoms with Gasteiger partial charge in [-0.15, -0.1) is 0 Å². The monoisotopic (exact) mass is 223 g/mol. The smallest absolute Gasteiger partial charge is 0.217 e. The number of imidazole rings is 1. The van der Waals surface area contributed by atoms with Crippen molar-refractivity contribution in [1.29, 1.82) is 0 Å². The van der Waals surface area contributed by atoms with Crippen LogP contribution in [0.25, 0.3) is 11.0 Å². The van der Waals surface area contributed by atoms with Crippen LogP contribution in [0.15, 0.2) is 18.2 Å². The summed E-state index contributed by atoms with van der Waals surface area (Å²) in [6.07, 6.45) is 0.829. The van der Waals surface area contributed by atoms with E-state index in [0.717, 1.165) is 16.9 Å². The molecule has 0 aliphatic heterocycles. The number of carbonyl (C=O) groups is 1. The second-order valence-electron chi connectivity index (χ2n) is 3.31. The number of fused-ring (bicyclic) bond motifs is 1. The SMILES string of the molecule is NC(=O)CCc1nc2ccc(Cl)cc2[nH]1. The Balaban J connectivity index is 2.27. The van der Waals surface area contributed by atoms with E-state index in [-0.39, 0.29) is 5.91 Å². The first-order valence-electron chi connectivity index (χ1n) is 4.57. The van der Waals surface area contributed by atoms with Gasteiger partial charge in [0, 0.05) is 17.9 Å². The zero-order chi connectivity index (χ0) is 10.8. The molecule has 0 saturated carbocycles. The molecule has 0 atom stereocenters. The quantitative estimate of drug-likeness (QED) is 0.830. The molecule has 2 aromatic rings. The lowest BCUT2D eigenvalue weighted by Gasteiger charge is -1.90. The highest BCUT2D eigenvalue weighted by molar-refractivity contribution is 6.31. The molecule has 2 rings (SSSR count). The number of primary amides is 1. The van der Waals surface area contributed by atoms with Gasteiger partial charge in [0.2, 0.25) is 5.91 Å². The molecule has 1 aromatic carbocycles. The molecule has 1 aromatic heterocycles. The third kappa shape index (κ3) is 2.27. The van der Waals surface area contributed by atoms with E-state index < -0.39 is 0 Å². The van der Waals surface area contributed by atoms with Crippen molar-refractivity contribution in [1.82, 2.24) is 9.97 Å². The number of amides is 1. The molecule has 0 fully saturated rings. The maximum atomic E-state index is 10.6. The normalized spacial score (nSPS) is 10.7. The summed E-state index contributed by atoms with van der Waals surface area (Å²) in [5.41, 5.74) is 6.78. The number of nitrogens with two attached hydrogens (primary N) is 1. The third-order valence-corrected chi connectivity index (χ3v) is 2.34. The molecular weight excluding hydrogens is 214 g/mol. The maximum absolute atomic E-state index is 10.6. The summed E-state index contributed by atoms with van der Waals surface area (Å²) >= 11 is 5.83. The van der Waals surface area contributed by atoms with Crippen LogP contribution < -0.4 is 5.73 Å². The number of aromatic nitrogens is 2. The Morgan fingerprint density at radius 1 is 1.53 bits per heavy atom. The highest BCUT2D eigenvalue weighted by Crippen LogP contribution is 2.17. The van der Waals surface area contributed by atoms with Gasteiger partial charge in [0.1, 0.15) is 5.82 Å². The fraction of sp³-hybridized carbons (Fsp3) is 0.200. The summed E-state index contributed by atoms with van der Waals surface area (Å²) in [6.45, 7) is 0. The molecule has 3 N–H and O–H groups in total. The number of H-pyrrole nitrogens is 1. The molecule has 4 nitrogen and oxygen atoms in total. The van der Waals surface area contributed by atoms with Crippen molar-refractivity contribution in [3.63, 3.8) is 0 Å². The molecule has 5 heteroatoms. The van der Waals surface area contributed by atoms with E-state index >= 15 is 0 Å². The van der Waals surface area contributed by atoms with Crippen molar-refractivity contribution in [3.8, 4) is 0 Å². The van der Waals surface area contributed by atoms with Crippen LogP contribution >= 0.6 is 11.6 Å². The average molecular weight is 224 g/mol. The molecule has 0 aliphatic rings. The molecule has 0 radical (unpaired) electrons. The van der Waals surface area contributed by atoms with Crippen LogP contribution in [-0.4, -0.2) is 15.9 Å². The van der Waals surface area contributed by atoms with Crippen LogP contribution in [0.1, 0.15) is 12.2 Å². The summed E-state index contributed by atoms with van der Waals surface area (Å²) < 4.78 is 0. The minimum absolute atomic E-state index is 0.299. The Morgan fingerprint density at radius 2 is 2.33 bits per heavy atom. The van der Waals surface area contributed by atoms with Gasteiger partial charge in [-0.3, -0.25) is 4.79 Å². The summed E-state index contributed by atoms with van der Waals surface area (Å²) in [4.78, 5) is 18.0. The van der Waals surface area contributed by atoms with Crippen molar-refractivity contribution in [3.05, 3.63) is 29.0 Å². The van der Waals surface area contributed by atoms with E-state index in [9.17, 15) is 4.79 Å². The van der Waals surface area contributed by atoms with E-state index in [1.807, 2.05) is 6.07 Å². The predicted octanol–water partition coefficient (Wildman–Crippen LogP) is 1.63. The summed E-state index contributed by atoms with van der Waals surface area (Å²) in [6, 6.07) is 5.42. The largest absolute Gasteiger partial charge is 0.370 e. The number of carbonyl (C=O) groups excluding carboxylic acids is 1. The first-order chi connectivity index (χ1) is 7.15. The molecule has 1 amide bonds. The van der Waals surface area contributed by atoms with Gasteiger partial charge in [0.25, 0.3) is 0 Å². The van der Waals surface area contributed by atoms with Gasteiger partial charge >= 0.3 is 0 Å². The van der Waals surface area contributed by atoms with Gasteiger partial charge in [0.05, 0.1) is 11.0 Å². The molecule has 0 unspecified atom stereocenters. The first-order valence-corrected chi connectivity index (χ1v) is 4.95. The number of aromatic amines is 1. The third-order valence-electron chi connectivity index (χ3n) is 2.10. The van der Waals surface area contributed by atoms with Crippen LogP contribution in [0.3, 0.4) is 0 Å². The van der Waals surface area contributed by atoms with Gasteiger partial charge in [-0.1, -0.05) is 11.6 Å². The van der Waals surface area contributed by atoms with Crippen molar-refractivity contribution >= 4 is 28.5 Å². The minimum atomic E-state index is -0.325. The molecule has 0 aliphatic carbocycles. The van der Waals surface area contributed by atoms with Crippen LogP contribution in [-0.2, 0) is 11.2 Å². The molecule has 0 saturated heterocycles. The number of hydrogen-bond acceptors (Lipinski definition) is 2. The predicted molar refractivity (Wildman–Crippen MR) is 58.6 cm³/mol. The maximum Gasteiger partial charge on any atom is 0.217 e. The van der Waals surface area contributed by atoms with Crippen LogP contribution in [0.5, 0.6) is 0 Å². The number of hydrogen-bond donors (Lipinski definition) is 2. The number of nitrogens with one attached hydrogen (secondary N) is 1. The van der Waals surface area contributed by atoms with Crippen LogP contribution in [0, 0.1) is 0 Å². The first kappa shape index (κ1) is 9.98. The minimum Gasteiger partial charge on any atom is -0.370 e. The number of aryl methyl sites for hydroxylation is 1. The zero-order valence-corrected chi connectivity index (χ0v) is 8.71. The highest BCUT2D eigenvalue weighted by atomic mass is 35.5. The standard InChI is InChI=1S/C10H10ClN3O/c11-6-1-2-7-8(5-6)14-10(13-7)4-3-9(12)15/h1-2,5H,3-4H2,(H2,12,15)(H,13,14). The van der Waals surface area contributed by atoms with Gasteiger partial charge in [-0.25, -0.2) is 4.98 Å². The topological polar surface area (TPSA) is 71.8 Å². The molecule has 1 heterocycles. The summed E-state index contributed by atoms with van der Waals surface area (Å²) in [7, 11) is 0. The molecule has 78 valence electrons. The summed E-state index contributed by atoms with van der Waals surface area (Å²) in [5, 5.41) is 0.660. The van der Waals surface area contributed by atoms with Gasteiger partial charge in [0.15, 0.2) is 0 Å². The fourth-order valence-corrected chi connectivity index (χ4v) is 1.57. The second kappa shape index (κ2) is 3.90. The van der Waals surface area contributed by atoms with E-state index in [2.05, 4.69) is 9.97 Å². The average Bonchev–Trinajstić information content (AvgIpc) is 2.56. The zero-order valence-electron chi connectivity index (χ0n) is 7.96. The van der Waals surface area contributed by atoms with Crippen molar-refractivity contribution in [2.24, 2.45) is 5.73 Å². The molecule has 0 spiro atoms. The van der Waals surface area contributed by atoms with Crippen LogP contribution in [0.2, 0.25) is 5.02 Å². The molecule has 0 bridgehead atoms. The lowest BCUT2D eigenvalue weighted by molar-refractivity contribution is -0.118. The Bertz CT molecular complexity index is 506. The van der Waals surface area contributed by atoms with E-state index in [1.165, 1.54) is 0 Å². The number of halogens is 1. The van der Waals surface area contributed by atoms with Crippen molar-refractivity contribution in [2.45, 2.75) is 12.8 Å². The Morgan fingerprint density at radius 3 is 3.07 bits per heavy atom. The summed E-state index contributed by atoms with van der Waals surface area (Å²) in [5.74, 6) is 0.430. The highest BCUT2D eigenvalue weighted by Gasteiger charge is 2.04. The van der Waals surface area contributed by atoms with Crippen LogP contribution in [0.4, 0.5) is 0 Å². The Labute approximate surface area is 91.4 Å². The van der Waals surface area contributed by atoms with E-state index in [1.54, 1.807) is 12.1 Å². The number of nitrogens with zero attached hydrogens (tertiary/aromatic N) is 1. The second-order valence-corrected chi connectivity index (χ2v) is 3.75. The van der Waals surface area contributed by atoms with Crippen molar-refractivity contribution < 1.29 is 4.79 Å². The van der Waals surface area contributed by atoms with Crippen molar-refractivity contribution in [2.75, 3.05) is 0 Å².